The van der Waals surface area contributed by atoms with Crippen molar-refractivity contribution in [1.29, 1.82) is 0 Å². The van der Waals surface area contributed by atoms with Gasteiger partial charge in [-0.2, -0.15) is 4.98 Å². The minimum atomic E-state index is 0.629. The highest BCUT2D eigenvalue weighted by atomic mass is 16.5. The van der Waals surface area contributed by atoms with E-state index in [1.807, 2.05) is 0 Å². The van der Waals surface area contributed by atoms with Crippen LogP contribution >= 0.6 is 0 Å². The number of unbranched alkanes of at least 4 members (excludes halogenated alkanes) is 1. The average Bonchev–Trinajstić information content (AvgIpc) is 3.08. The zero-order valence-corrected chi connectivity index (χ0v) is 12.9. The van der Waals surface area contributed by atoms with E-state index >= 15 is 0 Å². The third kappa shape index (κ3) is 4.87. The van der Waals surface area contributed by atoms with Gasteiger partial charge in [0.1, 0.15) is 0 Å². The zero-order chi connectivity index (χ0) is 14.2. The second kappa shape index (κ2) is 8.37. The van der Waals surface area contributed by atoms with Gasteiger partial charge in [0, 0.05) is 19.0 Å². The van der Waals surface area contributed by atoms with Crippen molar-refractivity contribution in [1.82, 2.24) is 20.4 Å². The molecule has 1 unspecified atom stereocenters. The fourth-order valence-electron chi connectivity index (χ4n) is 2.76. The number of hydrogen-bond donors (Lipinski definition) is 1. The Morgan fingerprint density at radius 1 is 1.35 bits per heavy atom. The number of nitrogens with zero attached hydrogens (tertiary/aromatic N) is 3. The molecule has 1 aliphatic heterocycles. The normalized spacial score (nSPS) is 19.1. The fraction of sp³-hybridized carbons (Fsp3) is 0.867. The Kier molecular flexibility index (Phi) is 6.47. The highest BCUT2D eigenvalue weighted by Crippen LogP contribution is 2.11. The van der Waals surface area contributed by atoms with Gasteiger partial charge in [0.15, 0.2) is 5.82 Å². The summed E-state index contributed by atoms with van der Waals surface area (Å²) in [5.41, 5.74) is 0. The van der Waals surface area contributed by atoms with Crippen LogP contribution in [0.5, 0.6) is 0 Å². The molecule has 2 rings (SSSR count). The molecule has 5 heteroatoms. The Morgan fingerprint density at radius 3 is 2.95 bits per heavy atom. The van der Waals surface area contributed by atoms with Gasteiger partial charge in [-0.25, -0.2) is 0 Å². The van der Waals surface area contributed by atoms with Crippen LogP contribution in [-0.4, -0.2) is 40.7 Å². The molecule has 0 aliphatic carbocycles. The second-order valence-corrected chi connectivity index (χ2v) is 5.74. The van der Waals surface area contributed by atoms with Crippen LogP contribution in [0.15, 0.2) is 4.52 Å². The number of nitrogens with one attached hydrogen (secondary N) is 1. The summed E-state index contributed by atoms with van der Waals surface area (Å²) in [6.45, 7) is 8.51. The van der Waals surface area contributed by atoms with Crippen molar-refractivity contribution in [2.24, 2.45) is 0 Å². The summed E-state index contributed by atoms with van der Waals surface area (Å²) in [7, 11) is 0. The first-order valence-corrected chi connectivity index (χ1v) is 8.09. The molecule has 20 heavy (non-hydrogen) atoms. The monoisotopic (exact) mass is 280 g/mol. The van der Waals surface area contributed by atoms with Crippen LogP contribution in [0.2, 0.25) is 0 Å². The molecule has 1 saturated heterocycles. The van der Waals surface area contributed by atoms with Gasteiger partial charge in [0.25, 0.3) is 0 Å². The number of aromatic nitrogens is 2. The maximum Gasteiger partial charge on any atom is 0.240 e. The molecule has 0 spiro atoms. The zero-order valence-electron chi connectivity index (χ0n) is 12.9. The van der Waals surface area contributed by atoms with Crippen LogP contribution in [0.3, 0.4) is 0 Å². The standard InChI is InChI=1S/C15H28N4O/c1-3-5-8-14-17-15(20-18-14)12-19(10-4-2)11-13-7-6-9-16-13/h13,16H,3-12H2,1-2H3. The van der Waals surface area contributed by atoms with Gasteiger partial charge in [-0.05, 0) is 38.8 Å². The maximum atomic E-state index is 5.38. The first kappa shape index (κ1) is 15.4. The lowest BCUT2D eigenvalue weighted by Gasteiger charge is -2.23. The molecule has 114 valence electrons. The van der Waals surface area contributed by atoms with Crippen LogP contribution < -0.4 is 5.32 Å². The van der Waals surface area contributed by atoms with Crippen molar-refractivity contribution in [3.63, 3.8) is 0 Å². The van der Waals surface area contributed by atoms with Gasteiger partial charge in [-0.15, -0.1) is 0 Å². The molecule has 0 saturated carbocycles. The molecule has 1 atom stereocenters. The molecule has 2 heterocycles. The number of aryl methyl sites for hydroxylation is 1. The highest BCUT2D eigenvalue weighted by molar-refractivity contribution is 4.87. The van der Waals surface area contributed by atoms with E-state index in [0.717, 1.165) is 57.2 Å². The van der Waals surface area contributed by atoms with Crippen molar-refractivity contribution >= 4 is 0 Å². The van der Waals surface area contributed by atoms with E-state index < -0.39 is 0 Å². The Hall–Kier alpha value is -0.940. The van der Waals surface area contributed by atoms with Gasteiger partial charge < -0.3 is 9.84 Å². The van der Waals surface area contributed by atoms with Crippen LogP contribution in [0.4, 0.5) is 0 Å². The average molecular weight is 280 g/mol. The maximum absolute atomic E-state index is 5.38. The van der Waals surface area contributed by atoms with E-state index in [-0.39, 0.29) is 0 Å². The SMILES string of the molecule is CCCCc1noc(CN(CCC)CC2CCCN2)n1. The van der Waals surface area contributed by atoms with Crippen LogP contribution in [0, 0.1) is 0 Å². The first-order valence-electron chi connectivity index (χ1n) is 8.09. The summed E-state index contributed by atoms with van der Waals surface area (Å²) in [4.78, 5) is 6.94. The van der Waals surface area contributed by atoms with Gasteiger partial charge in [-0.3, -0.25) is 4.90 Å². The predicted octanol–water partition coefficient (Wildman–Crippen LogP) is 2.38. The Balaban J connectivity index is 1.84. The molecule has 1 aromatic rings. The van der Waals surface area contributed by atoms with Crippen molar-refractivity contribution in [2.45, 2.75) is 65.0 Å². The van der Waals surface area contributed by atoms with Gasteiger partial charge >= 0.3 is 0 Å². The lowest BCUT2D eigenvalue weighted by molar-refractivity contribution is 0.209. The number of hydrogen-bond acceptors (Lipinski definition) is 5. The highest BCUT2D eigenvalue weighted by Gasteiger charge is 2.19. The van der Waals surface area contributed by atoms with E-state index in [2.05, 4.69) is 34.2 Å². The summed E-state index contributed by atoms with van der Waals surface area (Å²) >= 11 is 0. The van der Waals surface area contributed by atoms with Gasteiger partial charge in [-0.1, -0.05) is 25.4 Å². The predicted molar refractivity (Wildman–Crippen MR) is 79.5 cm³/mol. The molecule has 1 fully saturated rings. The Bertz CT molecular complexity index is 374. The molecule has 0 bridgehead atoms. The topological polar surface area (TPSA) is 54.2 Å². The van der Waals surface area contributed by atoms with E-state index in [1.165, 1.54) is 19.3 Å². The van der Waals surface area contributed by atoms with E-state index in [0.29, 0.717) is 6.04 Å². The second-order valence-electron chi connectivity index (χ2n) is 5.74. The van der Waals surface area contributed by atoms with Crippen molar-refractivity contribution in [3.8, 4) is 0 Å². The number of rotatable bonds is 9. The molecule has 1 aliphatic rings. The Labute approximate surface area is 122 Å². The van der Waals surface area contributed by atoms with Crippen LogP contribution in [-0.2, 0) is 13.0 Å². The molecule has 0 aromatic carbocycles. The molecule has 1 aromatic heterocycles. The summed E-state index contributed by atoms with van der Waals surface area (Å²) in [6.07, 6.45) is 6.96. The van der Waals surface area contributed by atoms with Crippen molar-refractivity contribution in [2.75, 3.05) is 19.6 Å². The molecule has 0 amide bonds. The summed E-state index contributed by atoms with van der Waals surface area (Å²) in [6, 6.07) is 0.629. The molecule has 0 radical (unpaired) electrons. The minimum absolute atomic E-state index is 0.629. The van der Waals surface area contributed by atoms with Gasteiger partial charge in [0.2, 0.25) is 5.89 Å². The molecule has 1 N–H and O–H groups in total. The van der Waals surface area contributed by atoms with Gasteiger partial charge in [0.05, 0.1) is 6.54 Å². The lowest BCUT2D eigenvalue weighted by Crippen LogP contribution is -2.37. The third-order valence-corrected chi connectivity index (χ3v) is 3.80. The van der Waals surface area contributed by atoms with E-state index in [1.54, 1.807) is 0 Å². The van der Waals surface area contributed by atoms with Crippen molar-refractivity contribution in [3.05, 3.63) is 11.7 Å². The van der Waals surface area contributed by atoms with Crippen LogP contribution in [0.25, 0.3) is 0 Å². The lowest BCUT2D eigenvalue weighted by atomic mass is 10.2. The van der Waals surface area contributed by atoms with E-state index in [4.69, 9.17) is 4.52 Å². The largest absolute Gasteiger partial charge is 0.338 e. The summed E-state index contributed by atoms with van der Waals surface area (Å²) in [5.74, 6) is 1.62. The third-order valence-electron chi connectivity index (χ3n) is 3.80. The summed E-state index contributed by atoms with van der Waals surface area (Å²) in [5, 5.41) is 7.63. The fourth-order valence-corrected chi connectivity index (χ4v) is 2.76. The van der Waals surface area contributed by atoms with E-state index in [9.17, 15) is 0 Å². The molecule has 5 nitrogen and oxygen atoms in total. The molecular formula is C15H28N4O. The Morgan fingerprint density at radius 2 is 2.25 bits per heavy atom. The smallest absolute Gasteiger partial charge is 0.240 e. The summed E-state index contributed by atoms with van der Waals surface area (Å²) < 4.78 is 5.38. The first-order chi connectivity index (χ1) is 9.81. The molecular weight excluding hydrogens is 252 g/mol. The minimum Gasteiger partial charge on any atom is -0.338 e. The van der Waals surface area contributed by atoms with Crippen molar-refractivity contribution < 1.29 is 4.52 Å². The van der Waals surface area contributed by atoms with Crippen LogP contribution in [0.1, 0.15) is 57.7 Å². The quantitative estimate of drug-likeness (QED) is 0.752.